The van der Waals surface area contributed by atoms with Crippen molar-refractivity contribution in [2.75, 3.05) is 0 Å². The van der Waals surface area contributed by atoms with Crippen molar-refractivity contribution in [1.29, 1.82) is 0 Å². The fourth-order valence-electron chi connectivity index (χ4n) is 1.90. The van der Waals surface area contributed by atoms with Gasteiger partial charge in [-0.1, -0.05) is 0 Å². The van der Waals surface area contributed by atoms with E-state index in [0.717, 1.165) is 5.69 Å². The number of nitrogens with zero attached hydrogens (tertiary/aromatic N) is 2. The van der Waals surface area contributed by atoms with Crippen LogP contribution < -0.4 is 11.3 Å². The first kappa shape index (κ1) is 11.4. The van der Waals surface area contributed by atoms with Crippen molar-refractivity contribution in [3.05, 3.63) is 27.9 Å². The van der Waals surface area contributed by atoms with Crippen LogP contribution in [0.4, 0.5) is 0 Å². The molecule has 1 amide bonds. The third kappa shape index (κ3) is 1.71. The minimum Gasteiger partial charge on any atom is -0.368 e. The Labute approximate surface area is 97.5 Å². The van der Waals surface area contributed by atoms with Crippen LogP contribution in [0.15, 0.2) is 10.9 Å². The van der Waals surface area contributed by atoms with Gasteiger partial charge in [-0.15, -0.1) is 0 Å². The second-order valence-electron chi connectivity index (χ2n) is 4.13. The lowest BCUT2D eigenvalue weighted by Crippen LogP contribution is -2.34. The smallest absolute Gasteiger partial charge is 0.263 e. The highest BCUT2D eigenvalue weighted by Gasteiger charge is 2.18. The van der Waals surface area contributed by atoms with Gasteiger partial charge in [0.05, 0.1) is 5.39 Å². The quantitative estimate of drug-likeness (QED) is 0.786. The fraction of sp³-hybridized carbons (Fsp3) is 0.364. The van der Waals surface area contributed by atoms with E-state index in [-0.39, 0.29) is 5.56 Å². The molecule has 1 atom stereocenters. The van der Waals surface area contributed by atoms with E-state index in [4.69, 9.17) is 5.73 Å². The van der Waals surface area contributed by atoms with E-state index in [1.54, 1.807) is 19.9 Å². The molecule has 0 aliphatic rings. The number of hydrogen-bond donors (Lipinski definition) is 2. The average Bonchev–Trinajstić information content (AvgIpc) is 2.58. The zero-order chi connectivity index (χ0) is 12.7. The van der Waals surface area contributed by atoms with Gasteiger partial charge < -0.3 is 10.7 Å². The molecule has 1 unspecified atom stereocenters. The standard InChI is InChI=1S/C11H14N4O2/c1-5-4-8-10(13-5)14-7(3)15(11(8)17)6(2)9(12)16/h4,6,13H,1-3H3,(H2,12,16). The number of aryl methyl sites for hydroxylation is 2. The van der Waals surface area contributed by atoms with E-state index >= 15 is 0 Å². The molecule has 3 N–H and O–H groups in total. The molecule has 2 aromatic heterocycles. The molecule has 2 rings (SSSR count). The summed E-state index contributed by atoms with van der Waals surface area (Å²) in [5.74, 6) is -0.0840. The van der Waals surface area contributed by atoms with Crippen molar-refractivity contribution in [2.45, 2.75) is 26.8 Å². The summed E-state index contributed by atoms with van der Waals surface area (Å²) in [6, 6.07) is 1.02. The number of primary amides is 1. The Morgan fingerprint density at radius 1 is 1.53 bits per heavy atom. The van der Waals surface area contributed by atoms with Crippen molar-refractivity contribution >= 4 is 16.9 Å². The van der Waals surface area contributed by atoms with Gasteiger partial charge in [-0.25, -0.2) is 4.98 Å². The Hall–Kier alpha value is -2.11. The molecule has 17 heavy (non-hydrogen) atoms. The number of nitrogens with one attached hydrogen (secondary N) is 1. The molecule has 0 aliphatic carbocycles. The number of aromatic nitrogens is 3. The number of carbonyl (C=O) groups is 1. The summed E-state index contributed by atoms with van der Waals surface area (Å²) in [6.45, 7) is 5.11. The normalized spacial score (nSPS) is 12.9. The number of amides is 1. The number of aromatic amines is 1. The summed E-state index contributed by atoms with van der Waals surface area (Å²) in [4.78, 5) is 30.6. The monoisotopic (exact) mass is 234 g/mol. The highest BCUT2D eigenvalue weighted by Crippen LogP contribution is 2.12. The third-order valence-electron chi connectivity index (χ3n) is 2.80. The van der Waals surface area contributed by atoms with Crippen LogP contribution in [0, 0.1) is 13.8 Å². The number of rotatable bonds is 2. The minimum atomic E-state index is -0.699. The van der Waals surface area contributed by atoms with E-state index < -0.39 is 11.9 Å². The van der Waals surface area contributed by atoms with Gasteiger partial charge in [-0.05, 0) is 26.8 Å². The maximum atomic E-state index is 12.2. The summed E-state index contributed by atoms with van der Waals surface area (Å²) in [5, 5.41) is 0.473. The van der Waals surface area contributed by atoms with Crippen LogP contribution in [0.3, 0.4) is 0 Å². The van der Waals surface area contributed by atoms with Crippen LogP contribution in [0.2, 0.25) is 0 Å². The molecule has 0 aliphatic heterocycles. The Kier molecular flexibility index (Phi) is 2.49. The molecule has 0 spiro atoms. The van der Waals surface area contributed by atoms with Crippen LogP contribution in [0.25, 0.3) is 11.0 Å². The van der Waals surface area contributed by atoms with Gasteiger partial charge in [0.25, 0.3) is 5.56 Å². The Morgan fingerprint density at radius 3 is 2.76 bits per heavy atom. The van der Waals surface area contributed by atoms with Gasteiger partial charge in [-0.2, -0.15) is 0 Å². The molecular weight excluding hydrogens is 220 g/mol. The van der Waals surface area contributed by atoms with E-state index in [1.807, 2.05) is 6.92 Å². The zero-order valence-corrected chi connectivity index (χ0v) is 9.94. The molecule has 0 radical (unpaired) electrons. The second kappa shape index (κ2) is 3.73. The Bertz CT molecular complexity index is 653. The lowest BCUT2D eigenvalue weighted by molar-refractivity contribution is -0.120. The summed E-state index contributed by atoms with van der Waals surface area (Å²) in [6.07, 6.45) is 0. The molecule has 6 heteroatoms. The molecule has 0 fully saturated rings. The first-order chi connectivity index (χ1) is 7.91. The molecule has 0 saturated carbocycles. The van der Waals surface area contributed by atoms with Crippen molar-refractivity contribution in [3.63, 3.8) is 0 Å². The first-order valence-corrected chi connectivity index (χ1v) is 5.29. The SMILES string of the molecule is Cc1cc2c(=O)n(C(C)C(N)=O)c(C)nc2[nH]1. The molecular formula is C11H14N4O2. The van der Waals surface area contributed by atoms with Gasteiger partial charge in [-0.3, -0.25) is 14.2 Å². The summed E-state index contributed by atoms with van der Waals surface area (Å²) >= 11 is 0. The Balaban J connectivity index is 2.80. The molecule has 6 nitrogen and oxygen atoms in total. The van der Waals surface area contributed by atoms with Gasteiger partial charge in [0, 0.05) is 5.69 Å². The number of hydrogen-bond acceptors (Lipinski definition) is 3. The van der Waals surface area contributed by atoms with Crippen molar-refractivity contribution < 1.29 is 4.79 Å². The van der Waals surface area contributed by atoms with E-state index in [9.17, 15) is 9.59 Å². The summed E-state index contributed by atoms with van der Waals surface area (Å²) in [5.41, 5.74) is 6.37. The second-order valence-corrected chi connectivity index (χ2v) is 4.13. The van der Waals surface area contributed by atoms with Crippen molar-refractivity contribution in [3.8, 4) is 0 Å². The largest absolute Gasteiger partial charge is 0.368 e. The van der Waals surface area contributed by atoms with Crippen LogP contribution >= 0.6 is 0 Å². The van der Waals surface area contributed by atoms with Crippen LogP contribution in [0.5, 0.6) is 0 Å². The number of carbonyl (C=O) groups excluding carboxylic acids is 1. The number of nitrogens with two attached hydrogens (primary N) is 1. The molecule has 90 valence electrons. The van der Waals surface area contributed by atoms with Crippen molar-refractivity contribution in [1.82, 2.24) is 14.5 Å². The van der Waals surface area contributed by atoms with Gasteiger partial charge in [0.1, 0.15) is 17.5 Å². The molecule has 2 aromatic rings. The fourth-order valence-corrected chi connectivity index (χ4v) is 1.90. The van der Waals surface area contributed by atoms with Crippen LogP contribution in [-0.2, 0) is 4.79 Å². The summed E-state index contributed by atoms with van der Waals surface area (Å²) in [7, 11) is 0. The molecule has 0 aromatic carbocycles. The van der Waals surface area contributed by atoms with E-state index in [2.05, 4.69) is 9.97 Å². The lowest BCUT2D eigenvalue weighted by Gasteiger charge is -2.13. The molecule has 0 saturated heterocycles. The third-order valence-corrected chi connectivity index (χ3v) is 2.80. The summed E-state index contributed by atoms with van der Waals surface area (Å²) < 4.78 is 1.32. The average molecular weight is 234 g/mol. The predicted molar refractivity (Wildman–Crippen MR) is 63.7 cm³/mol. The number of fused-ring (bicyclic) bond motifs is 1. The highest BCUT2D eigenvalue weighted by atomic mass is 16.2. The van der Waals surface area contributed by atoms with E-state index in [1.165, 1.54) is 4.57 Å². The predicted octanol–water partition coefficient (Wildman–Crippen LogP) is 0.388. The minimum absolute atomic E-state index is 0.247. The van der Waals surface area contributed by atoms with Crippen molar-refractivity contribution in [2.24, 2.45) is 5.73 Å². The highest BCUT2D eigenvalue weighted by molar-refractivity contribution is 5.79. The van der Waals surface area contributed by atoms with Gasteiger partial charge in [0.2, 0.25) is 5.91 Å². The maximum absolute atomic E-state index is 12.2. The van der Waals surface area contributed by atoms with Gasteiger partial charge >= 0.3 is 0 Å². The maximum Gasteiger partial charge on any atom is 0.263 e. The van der Waals surface area contributed by atoms with Crippen LogP contribution in [0.1, 0.15) is 24.5 Å². The topological polar surface area (TPSA) is 93.8 Å². The van der Waals surface area contributed by atoms with Crippen LogP contribution in [-0.4, -0.2) is 20.4 Å². The Morgan fingerprint density at radius 2 is 2.18 bits per heavy atom. The van der Waals surface area contributed by atoms with E-state index in [0.29, 0.717) is 16.9 Å². The first-order valence-electron chi connectivity index (χ1n) is 5.29. The molecule has 0 bridgehead atoms. The lowest BCUT2D eigenvalue weighted by atomic mass is 10.3. The van der Waals surface area contributed by atoms with Gasteiger partial charge in [0.15, 0.2) is 0 Å². The zero-order valence-electron chi connectivity index (χ0n) is 9.94. The molecule has 2 heterocycles. The number of H-pyrrole nitrogens is 1.